The predicted molar refractivity (Wildman–Crippen MR) is 73.3 cm³/mol. The van der Waals surface area contributed by atoms with E-state index in [0.29, 0.717) is 5.56 Å². The summed E-state index contributed by atoms with van der Waals surface area (Å²) in [6.07, 6.45) is 3.21. The van der Waals surface area contributed by atoms with Crippen LogP contribution in [-0.4, -0.2) is 22.7 Å². The van der Waals surface area contributed by atoms with Crippen LogP contribution in [0.5, 0.6) is 5.75 Å². The van der Waals surface area contributed by atoms with Gasteiger partial charge in [-0.15, -0.1) is 0 Å². The second-order valence-corrected chi connectivity index (χ2v) is 3.70. The lowest BCUT2D eigenvalue weighted by Gasteiger charge is -1.97. The fourth-order valence-corrected chi connectivity index (χ4v) is 1.15. The summed E-state index contributed by atoms with van der Waals surface area (Å²) in [6, 6.07) is 7.51. The van der Waals surface area contributed by atoms with E-state index in [9.17, 15) is 4.79 Å². The molecule has 1 aromatic rings. The number of unbranched alkanes of at least 4 members (excludes halogenated alkanes) is 1. The third-order valence-electron chi connectivity index (χ3n) is 2.12. The molecule has 0 spiro atoms. The van der Waals surface area contributed by atoms with Crippen molar-refractivity contribution >= 4 is 11.5 Å². The van der Waals surface area contributed by atoms with Crippen molar-refractivity contribution in [3.05, 3.63) is 35.9 Å². The molecule has 0 atom stereocenters. The molecular weight excluding hydrogens is 244 g/mol. The standard InChI is InChI=1S/C10H7NO3.C4H11N/c11-6-8(5-10(13)14)7-1-3-9(12)4-2-7;1-2-3-4-5/h1-5,12H,(H,13,14);2-5H2,1H3. The number of carboxylic acids is 1. The monoisotopic (exact) mass is 262 g/mol. The van der Waals surface area contributed by atoms with Crippen molar-refractivity contribution in [2.75, 3.05) is 6.54 Å². The van der Waals surface area contributed by atoms with Gasteiger partial charge in [-0.3, -0.25) is 0 Å². The predicted octanol–water partition coefficient (Wildman–Crippen LogP) is 2.13. The van der Waals surface area contributed by atoms with Crippen molar-refractivity contribution in [1.29, 1.82) is 5.26 Å². The van der Waals surface area contributed by atoms with E-state index >= 15 is 0 Å². The number of rotatable bonds is 4. The van der Waals surface area contributed by atoms with Crippen LogP contribution in [0.4, 0.5) is 0 Å². The van der Waals surface area contributed by atoms with Gasteiger partial charge in [-0.1, -0.05) is 13.3 Å². The number of allylic oxidation sites excluding steroid dienone is 1. The minimum absolute atomic E-state index is 0.0532. The summed E-state index contributed by atoms with van der Waals surface area (Å²) in [6.45, 7) is 2.98. The third kappa shape index (κ3) is 7.58. The summed E-state index contributed by atoms with van der Waals surface area (Å²) < 4.78 is 0. The van der Waals surface area contributed by atoms with Crippen molar-refractivity contribution in [2.45, 2.75) is 19.8 Å². The minimum Gasteiger partial charge on any atom is -0.508 e. The quantitative estimate of drug-likeness (QED) is 0.569. The molecule has 0 radical (unpaired) electrons. The molecule has 5 nitrogen and oxygen atoms in total. The van der Waals surface area contributed by atoms with Crippen LogP contribution in [0.2, 0.25) is 0 Å². The highest BCUT2D eigenvalue weighted by Gasteiger charge is 2.02. The Bertz CT molecular complexity index is 457. The molecule has 0 aliphatic carbocycles. The Balaban J connectivity index is 0.000000555. The number of phenols is 1. The number of carbonyl (C=O) groups is 1. The maximum Gasteiger partial charge on any atom is 0.329 e. The first-order valence-corrected chi connectivity index (χ1v) is 5.89. The van der Waals surface area contributed by atoms with E-state index in [-0.39, 0.29) is 11.3 Å². The fraction of sp³-hybridized carbons (Fsp3) is 0.286. The molecule has 0 aromatic heterocycles. The van der Waals surface area contributed by atoms with Crippen molar-refractivity contribution in [2.24, 2.45) is 5.73 Å². The summed E-state index contributed by atoms with van der Waals surface area (Å²) in [5.74, 6) is -1.10. The second-order valence-electron chi connectivity index (χ2n) is 3.70. The lowest BCUT2D eigenvalue weighted by Crippen LogP contribution is -1.95. The molecule has 1 rings (SSSR count). The van der Waals surface area contributed by atoms with Crippen LogP contribution >= 0.6 is 0 Å². The van der Waals surface area contributed by atoms with Crippen LogP contribution < -0.4 is 5.73 Å². The highest BCUT2D eigenvalue weighted by molar-refractivity contribution is 5.94. The number of benzene rings is 1. The molecule has 102 valence electrons. The van der Waals surface area contributed by atoms with Crippen molar-refractivity contribution in [3.63, 3.8) is 0 Å². The number of nitriles is 1. The van der Waals surface area contributed by atoms with Crippen LogP contribution in [0.3, 0.4) is 0 Å². The molecule has 0 bridgehead atoms. The maximum atomic E-state index is 10.3. The van der Waals surface area contributed by atoms with Crippen LogP contribution in [0.1, 0.15) is 25.3 Å². The SMILES string of the molecule is CCCCN.N#CC(=CC(=O)O)c1ccc(O)cc1. The topological polar surface area (TPSA) is 107 Å². The summed E-state index contributed by atoms with van der Waals surface area (Å²) in [7, 11) is 0. The van der Waals surface area contributed by atoms with Gasteiger partial charge in [0.1, 0.15) is 11.8 Å². The average Bonchev–Trinajstić information content (AvgIpc) is 2.38. The number of nitrogens with two attached hydrogens (primary N) is 1. The Morgan fingerprint density at radius 2 is 2.00 bits per heavy atom. The number of carboxylic acid groups (broad SMARTS) is 1. The van der Waals surface area contributed by atoms with Gasteiger partial charge in [0.2, 0.25) is 0 Å². The molecule has 0 unspecified atom stereocenters. The smallest absolute Gasteiger partial charge is 0.329 e. The largest absolute Gasteiger partial charge is 0.508 e. The zero-order valence-corrected chi connectivity index (χ0v) is 10.8. The molecule has 0 heterocycles. The highest BCUT2D eigenvalue weighted by Crippen LogP contribution is 2.16. The molecular formula is C14H18N2O3. The lowest BCUT2D eigenvalue weighted by molar-refractivity contribution is -0.131. The van der Waals surface area contributed by atoms with Gasteiger partial charge in [-0.25, -0.2) is 4.79 Å². The molecule has 5 heteroatoms. The van der Waals surface area contributed by atoms with E-state index in [2.05, 4.69) is 6.92 Å². The number of phenolic OH excluding ortho intramolecular Hbond substituents is 1. The third-order valence-corrected chi connectivity index (χ3v) is 2.12. The fourth-order valence-electron chi connectivity index (χ4n) is 1.15. The van der Waals surface area contributed by atoms with E-state index in [0.717, 1.165) is 12.6 Å². The number of nitrogens with zero attached hydrogens (tertiary/aromatic N) is 1. The molecule has 4 N–H and O–H groups in total. The second kappa shape index (κ2) is 9.68. The van der Waals surface area contributed by atoms with Crippen LogP contribution in [0.25, 0.3) is 5.57 Å². The summed E-state index contributed by atoms with van der Waals surface area (Å²) in [5, 5.41) is 26.1. The molecule has 1 aromatic carbocycles. The first-order valence-electron chi connectivity index (χ1n) is 5.89. The molecule has 0 saturated carbocycles. The van der Waals surface area contributed by atoms with Gasteiger partial charge in [0.05, 0.1) is 5.57 Å². The van der Waals surface area contributed by atoms with Gasteiger partial charge in [0.15, 0.2) is 0 Å². The summed E-state index contributed by atoms with van der Waals surface area (Å²) >= 11 is 0. The summed E-state index contributed by atoms with van der Waals surface area (Å²) in [4.78, 5) is 10.3. The summed E-state index contributed by atoms with van der Waals surface area (Å²) in [5.41, 5.74) is 5.66. The Morgan fingerprint density at radius 3 is 2.32 bits per heavy atom. The number of aromatic hydroxyl groups is 1. The number of aliphatic carboxylic acids is 1. The average molecular weight is 262 g/mol. The normalized spacial score (nSPS) is 10.1. The lowest BCUT2D eigenvalue weighted by atomic mass is 10.1. The van der Waals surface area contributed by atoms with E-state index in [4.69, 9.17) is 21.2 Å². The van der Waals surface area contributed by atoms with E-state index in [1.54, 1.807) is 6.07 Å². The molecule has 0 fully saturated rings. The maximum absolute atomic E-state index is 10.3. The van der Waals surface area contributed by atoms with Crippen molar-refractivity contribution in [1.82, 2.24) is 0 Å². The molecule has 19 heavy (non-hydrogen) atoms. The Morgan fingerprint density at radius 1 is 1.42 bits per heavy atom. The van der Waals surface area contributed by atoms with Crippen LogP contribution in [0, 0.1) is 11.3 Å². The minimum atomic E-state index is -1.17. The van der Waals surface area contributed by atoms with Gasteiger partial charge in [0, 0.05) is 6.08 Å². The van der Waals surface area contributed by atoms with Crippen LogP contribution in [0.15, 0.2) is 30.3 Å². The van der Waals surface area contributed by atoms with Gasteiger partial charge in [-0.2, -0.15) is 5.26 Å². The molecule has 0 aliphatic heterocycles. The highest BCUT2D eigenvalue weighted by atomic mass is 16.4. The zero-order valence-electron chi connectivity index (χ0n) is 10.8. The van der Waals surface area contributed by atoms with E-state index < -0.39 is 5.97 Å². The molecule has 0 amide bonds. The van der Waals surface area contributed by atoms with Gasteiger partial charge in [-0.05, 0) is 42.8 Å². The Kier molecular flexibility index (Phi) is 8.50. The van der Waals surface area contributed by atoms with Crippen LogP contribution in [-0.2, 0) is 4.79 Å². The first-order chi connectivity index (χ1) is 9.04. The van der Waals surface area contributed by atoms with Gasteiger partial charge < -0.3 is 15.9 Å². The van der Waals surface area contributed by atoms with E-state index in [1.165, 1.54) is 37.1 Å². The van der Waals surface area contributed by atoms with Gasteiger partial charge in [0.25, 0.3) is 0 Å². The number of hydrogen-bond acceptors (Lipinski definition) is 4. The first kappa shape index (κ1) is 16.7. The van der Waals surface area contributed by atoms with Crippen molar-refractivity contribution < 1.29 is 15.0 Å². The number of hydrogen-bond donors (Lipinski definition) is 3. The Labute approximate surface area is 112 Å². The molecule has 0 aliphatic rings. The van der Waals surface area contributed by atoms with E-state index in [1.807, 2.05) is 0 Å². The van der Waals surface area contributed by atoms with Crippen molar-refractivity contribution in [3.8, 4) is 11.8 Å². The molecule has 0 saturated heterocycles. The van der Waals surface area contributed by atoms with Gasteiger partial charge >= 0.3 is 5.97 Å². The Hall–Kier alpha value is -2.32. The zero-order chi connectivity index (χ0) is 14.7.